The number of aryl methyl sites for hydroxylation is 1. The van der Waals surface area contributed by atoms with E-state index in [1.165, 1.54) is 12.4 Å². The Hall–Kier alpha value is -2.14. The fraction of sp³-hybridized carbons (Fsp3) is 0.125. The Balaban J connectivity index is 2.34. The summed E-state index contributed by atoms with van der Waals surface area (Å²) in [5.74, 6) is -0.242. The molecule has 0 unspecified atom stereocenters. The molecule has 0 aromatic carbocycles. The zero-order valence-electron chi connectivity index (χ0n) is 9.65. The van der Waals surface area contributed by atoms with Crippen molar-refractivity contribution in [3.8, 4) is 0 Å². The number of oxime groups is 1. The van der Waals surface area contributed by atoms with Gasteiger partial charge in [-0.1, -0.05) is 5.16 Å². The molecule has 0 fully saturated rings. The van der Waals surface area contributed by atoms with E-state index in [1.54, 1.807) is 6.92 Å². The molecule has 0 bridgehead atoms. The van der Waals surface area contributed by atoms with Crippen LogP contribution in [0, 0.1) is 6.92 Å². The van der Waals surface area contributed by atoms with Crippen molar-refractivity contribution >= 4 is 33.0 Å². The van der Waals surface area contributed by atoms with E-state index in [2.05, 4.69) is 25.1 Å². The molecule has 2 aromatic heterocycles. The number of aromatic nitrogens is 3. The third-order valence-electron chi connectivity index (χ3n) is 2.12. The molecule has 2 rings (SSSR count). The Bertz CT molecular complexity index is 716. The predicted octanol–water partition coefficient (Wildman–Crippen LogP) is 0.0699. The molecule has 5 N–H and O–H groups in total. The minimum absolute atomic E-state index is 0.0151. The zero-order valence-corrected chi connectivity index (χ0v) is 11.3. The standard InChI is InChI=1S/C8H10N6O3S2/c1-4-10-3-6(18-4)19(16,17)14-8-5(2-11-12-8)7(9)13-15/h2-3,15H,1H3,(H2,9,13)(H2,11,12,14). The molecule has 2 aromatic rings. The molecular formula is C8H10N6O3S2. The van der Waals surface area contributed by atoms with Crippen molar-refractivity contribution in [2.24, 2.45) is 10.9 Å². The SMILES string of the molecule is Cc1ncc(S(=O)(=O)Nc2[nH]ncc2/C(N)=N/O)s1. The van der Waals surface area contributed by atoms with Crippen LogP contribution in [-0.4, -0.2) is 34.6 Å². The van der Waals surface area contributed by atoms with Crippen LogP contribution in [0.25, 0.3) is 0 Å². The van der Waals surface area contributed by atoms with Gasteiger partial charge in [0.15, 0.2) is 10.0 Å². The highest BCUT2D eigenvalue weighted by Gasteiger charge is 2.20. The van der Waals surface area contributed by atoms with Gasteiger partial charge in [-0.25, -0.2) is 13.4 Å². The summed E-state index contributed by atoms with van der Waals surface area (Å²) in [6, 6.07) is 0. The van der Waals surface area contributed by atoms with E-state index in [0.717, 1.165) is 11.3 Å². The molecule has 0 spiro atoms. The average Bonchev–Trinajstić information content (AvgIpc) is 2.97. The highest BCUT2D eigenvalue weighted by atomic mass is 32.2. The van der Waals surface area contributed by atoms with Crippen molar-refractivity contribution in [3.05, 3.63) is 23.0 Å². The van der Waals surface area contributed by atoms with Crippen LogP contribution in [0.2, 0.25) is 0 Å². The predicted molar refractivity (Wildman–Crippen MR) is 68.8 cm³/mol. The smallest absolute Gasteiger partial charge is 0.274 e. The minimum atomic E-state index is -3.78. The Morgan fingerprint density at radius 3 is 2.89 bits per heavy atom. The number of hydrogen-bond acceptors (Lipinski definition) is 7. The number of nitrogens with two attached hydrogens (primary N) is 1. The van der Waals surface area contributed by atoms with Crippen LogP contribution in [0.5, 0.6) is 0 Å². The summed E-state index contributed by atoms with van der Waals surface area (Å²) >= 11 is 1.03. The number of nitrogens with one attached hydrogen (secondary N) is 2. The number of sulfonamides is 1. The van der Waals surface area contributed by atoms with Crippen molar-refractivity contribution < 1.29 is 13.6 Å². The van der Waals surface area contributed by atoms with Crippen molar-refractivity contribution in [2.45, 2.75) is 11.1 Å². The van der Waals surface area contributed by atoms with Crippen molar-refractivity contribution in [3.63, 3.8) is 0 Å². The normalized spacial score (nSPS) is 12.6. The summed E-state index contributed by atoms with van der Waals surface area (Å²) in [6.45, 7) is 1.70. The highest BCUT2D eigenvalue weighted by molar-refractivity contribution is 7.94. The van der Waals surface area contributed by atoms with Crippen LogP contribution >= 0.6 is 11.3 Å². The van der Waals surface area contributed by atoms with Gasteiger partial charge < -0.3 is 10.9 Å². The van der Waals surface area contributed by atoms with E-state index in [-0.39, 0.29) is 21.4 Å². The summed E-state index contributed by atoms with van der Waals surface area (Å²) < 4.78 is 26.4. The van der Waals surface area contributed by atoms with E-state index in [9.17, 15) is 8.42 Å². The summed E-state index contributed by atoms with van der Waals surface area (Å²) in [7, 11) is -3.78. The molecule has 0 radical (unpaired) electrons. The molecule has 102 valence electrons. The summed E-state index contributed by atoms with van der Waals surface area (Å²) in [6.07, 6.45) is 2.49. The third kappa shape index (κ3) is 2.66. The van der Waals surface area contributed by atoms with Crippen LogP contribution < -0.4 is 10.5 Å². The third-order valence-corrected chi connectivity index (χ3v) is 4.85. The first-order valence-electron chi connectivity index (χ1n) is 4.90. The maximum absolute atomic E-state index is 12.0. The molecule has 19 heavy (non-hydrogen) atoms. The lowest BCUT2D eigenvalue weighted by atomic mass is 10.3. The van der Waals surface area contributed by atoms with E-state index in [4.69, 9.17) is 10.9 Å². The first kappa shape index (κ1) is 13.3. The molecule has 0 saturated carbocycles. The molecular weight excluding hydrogens is 292 g/mol. The lowest BCUT2D eigenvalue weighted by molar-refractivity contribution is 0.318. The van der Waals surface area contributed by atoms with E-state index < -0.39 is 10.0 Å². The summed E-state index contributed by atoms with van der Waals surface area (Å²) in [5.41, 5.74) is 5.54. The number of anilines is 1. The molecule has 11 heteroatoms. The first-order chi connectivity index (χ1) is 8.94. The minimum Gasteiger partial charge on any atom is -0.409 e. The van der Waals surface area contributed by atoms with Crippen LogP contribution in [0.3, 0.4) is 0 Å². The number of nitrogens with zero attached hydrogens (tertiary/aromatic N) is 3. The van der Waals surface area contributed by atoms with Crippen LogP contribution in [0.1, 0.15) is 10.6 Å². The van der Waals surface area contributed by atoms with Gasteiger partial charge in [0.05, 0.1) is 23.0 Å². The maximum Gasteiger partial charge on any atom is 0.274 e. The quantitative estimate of drug-likeness (QED) is 0.272. The van der Waals surface area contributed by atoms with E-state index in [1.807, 2.05) is 0 Å². The average molecular weight is 302 g/mol. The molecule has 0 saturated heterocycles. The van der Waals surface area contributed by atoms with Gasteiger partial charge in [-0.05, 0) is 6.92 Å². The van der Waals surface area contributed by atoms with Gasteiger partial charge in [0.1, 0.15) is 5.82 Å². The van der Waals surface area contributed by atoms with Crippen LogP contribution in [0.15, 0.2) is 21.8 Å². The maximum atomic E-state index is 12.0. The van der Waals surface area contributed by atoms with Gasteiger partial charge in [0.25, 0.3) is 10.0 Å². The Labute approximate surface area is 112 Å². The highest BCUT2D eigenvalue weighted by Crippen LogP contribution is 2.21. The number of aromatic amines is 1. The molecule has 0 atom stereocenters. The lowest BCUT2D eigenvalue weighted by Crippen LogP contribution is -2.18. The van der Waals surface area contributed by atoms with Gasteiger partial charge in [-0.2, -0.15) is 5.10 Å². The van der Waals surface area contributed by atoms with Gasteiger partial charge in [-0.3, -0.25) is 9.82 Å². The molecule has 9 nitrogen and oxygen atoms in total. The monoisotopic (exact) mass is 302 g/mol. The van der Waals surface area contributed by atoms with Gasteiger partial charge in [0.2, 0.25) is 0 Å². The summed E-state index contributed by atoms with van der Waals surface area (Å²) in [4.78, 5) is 3.87. The number of amidine groups is 1. The molecule has 0 aliphatic carbocycles. The lowest BCUT2D eigenvalue weighted by Gasteiger charge is -2.05. The van der Waals surface area contributed by atoms with Crippen molar-refractivity contribution in [1.29, 1.82) is 0 Å². The second kappa shape index (κ2) is 4.85. The second-order valence-electron chi connectivity index (χ2n) is 3.45. The van der Waals surface area contributed by atoms with Crippen molar-refractivity contribution in [2.75, 3.05) is 4.72 Å². The van der Waals surface area contributed by atoms with Gasteiger partial charge in [-0.15, -0.1) is 11.3 Å². The first-order valence-corrected chi connectivity index (χ1v) is 7.20. The van der Waals surface area contributed by atoms with Gasteiger partial charge >= 0.3 is 0 Å². The van der Waals surface area contributed by atoms with Crippen LogP contribution in [0.4, 0.5) is 5.82 Å². The fourth-order valence-electron chi connectivity index (χ4n) is 1.26. The summed E-state index contributed by atoms with van der Waals surface area (Å²) in [5, 5.41) is 18.1. The largest absolute Gasteiger partial charge is 0.409 e. The Morgan fingerprint density at radius 2 is 2.32 bits per heavy atom. The van der Waals surface area contributed by atoms with Crippen molar-refractivity contribution in [1.82, 2.24) is 15.2 Å². The molecule has 0 amide bonds. The van der Waals surface area contributed by atoms with E-state index in [0.29, 0.717) is 5.01 Å². The number of hydrogen-bond donors (Lipinski definition) is 4. The Morgan fingerprint density at radius 1 is 1.58 bits per heavy atom. The fourth-order valence-corrected chi connectivity index (χ4v) is 3.41. The zero-order chi connectivity index (χ0) is 14.0. The Kier molecular flexibility index (Phi) is 3.40. The van der Waals surface area contributed by atoms with Gasteiger partial charge in [0, 0.05) is 0 Å². The second-order valence-corrected chi connectivity index (χ2v) is 6.59. The topological polar surface area (TPSA) is 146 Å². The number of H-pyrrole nitrogens is 1. The van der Waals surface area contributed by atoms with E-state index >= 15 is 0 Å². The van der Waals surface area contributed by atoms with Crippen LogP contribution in [-0.2, 0) is 10.0 Å². The molecule has 2 heterocycles. The molecule has 0 aliphatic heterocycles. The molecule has 0 aliphatic rings. The number of thiazole rings is 1. The number of rotatable bonds is 4.